The first-order chi connectivity index (χ1) is 13.2. The Morgan fingerprint density at radius 3 is 2.22 bits per heavy atom. The van der Waals surface area contributed by atoms with Crippen LogP contribution < -0.4 is 10.6 Å². The van der Waals surface area contributed by atoms with Crippen LogP contribution in [0.1, 0.15) is 17.5 Å². The van der Waals surface area contributed by atoms with Crippen LogP contribution in [-0.2, 0) is 27.3 Å². The van der Waals surface area contributed by atoms with E-state index in [1.54, 1.807) is 7.11 Å². The molecule has 0 aliphatic rings. The summed E-state index contributed by atoms with van der Waals surface area (Å²) in [7, 11) is 1.62. The number of ether oxygens (including phenoxy) is 2. The SMILES string of the molecule is COCCCNC(=O)[C@H](Cc1ccccc1)NC(=O)OCc1ccccc1. The highest BCUT2D eigenvalue weighted by Gasteiger charge is 2.21. The summed E-state index contributed by atoms with van der Waals surface area (Å²) in [5, 5.41) is 5.50. The van der Waals surface area contributed by atoms with Gasteiger partial charge in [-0.25, -0.2) is 4.79 Å². The minimum absolute atomic E-state index is 0.153. The number of alkyl carbamates (subject to hydrolysis) is 1. The molecule has 2 N–H and O–H groups in total. The van der Waals surface area contributed by atoms with Crippen LogP contribution in [-0.4, -0.2) is 38.3 Å². The molecule has 0 saturated carbocycles. The average molecular weight is 370 g/mol. The van der Waals surface area contributed by atoms with Gasteiger partial charge in [-0.15, -0.1) is 0 Å². The van der Waals surface area contributed by atoms with Crippen LogP contribution in [0.15, 0.2) is 60.7 Å². The fraction of sp³-hybridized carbons (Fsp3) is 0.333. The summed E-state index contributed by atoms with van der Waals surface area (Å²) in [6.45, 7) is 1.20. The van der Waals surface area contributed by atoms with Gasteiger partial charge >= 0.3 is 6.09 Å². The molecule has 2 aromatic rings. The molecular weight excluding hydrogens is 344 g/mol. The highest BCUT2D eigenvalue weighted by Crippen LogP contribution is 2.05. The first-order valence-corrected chi connectivity index (χ1v) is 8.97. The van der Waals surface area contributed by atoms with E-state index in [1.165, 1.54) is 0 Å². The molecule has 0 radical (unpaired) electrons. The molecule has 0 aliphatic carbocycles. The predicted molar refractivity (Wildman–Crippen MR) is 103 cm³/mol. The lowest BCUT2D eigenvalue weighted by Crippen LogP contribution is -2.48. The molecule has 2 amide bonds. The van der Waals surface area contributed by atoms with Crippen LogP contribution in [0, 0.1) is 0 Å². The zero-order valence-electron chi connectivity index (χ0n) is 15.5. The van der Waals surface area contributed by atoms with Crippen LogP contribution >= 0.6 is 0 Å². The third kappa shape index (κ3) is 7.92. The third-order valence-corrected chi connectivity index (χ3v) is 3.93. The van der Waals surface area contributed by atoms with Crippen molar-refractivity contribution in [1.29, 1.82) is 0 Å². The van der Waals surface area contributed by atoms with Crippen LogP contribution in [0.4, 0.5) is 4.79 Å². The molecule has 27 heavy (non-hydrogen) atoms. The Kier molecular flexibility index (Phi) is 8.86. The molecule has 0 aliphatic heterocycles. The van der Waals surface area contributed by atoms with Gasteiger partial charge in [0, 0.05) is 26.7 Å². The molecular formula is C21H26N2O4. The summed E-state index contributed by atoms with van der Waals surface area (Å²) in [6, 6.07) is 18.2. The van der Waals surface area contributed by atoms with Crippen molar-refractivity contribution in [3.8, 4) is 0 Å². The van der Waals surface area contributed by atoms with Crippen LogP contribution in [0.2, 0.25) is 0 Å². The second-order valence-electron chi connectivity index (χ2n) is 6.09. The van der Waals surface area contributed by atoms with Gasteiger partial charge in [0.15, 0.2) is 0 Å². The third-order valence-electron chi connectivity index (χ3n) is 3.93. The Morgan fingerprint density at radius 2 is 1.59 bits per heavy atom. The number of amides is 2. The average Bonchev–Trinajstić information content (AvgIpc) is 2.70. The van der Waals surface area contributed by atoms with Gasteiger partial charge in [0.2, 0.25) is 5.91 Å². The lowest BCUT2D eigenvalue weighted by Gasteiger charge is -2.18. The highest BCUT2D eigenvalue weighted by molar-refractivity contribution is 5.85. The molecule has 6 nitrogen and oxygen atoms in total. The first kappa shape index (κ1) is 20.5. The van der Waals surface area contributed by atoms with E-state index in [0.29, 0.717) is 26.0 Å². The van der Waals surface area contributed by atoms with Crippen molar-refractivity contribution in [3.63, 3.8) is 0 Å². The monoisotopic (exact) mass is 370 g/mol. The number of hydrogen-bond acceptors (Lipinski definition) is 4. The molecule has 0 fully saturated rings. The van der Waals surface area contributed by atoms with Crippen molar-refractivity contribution < 1.29 is 19.1 Å². The number of nitrogens with one attached hydrogen (secondary N) is 2. The molecule has 144 valence electrons. The van der Waals surface area contributed by atoms with Crippen LogP contribution in [0.25, 0.3) is 0 Å². The Bertz CT molecular complexity index is 692. The molecule has 2 aromatic carbocycles. The maximum Gasteiger partial charge on any atom is 0.408 e. The van der Waals surface area contributed by atoms with E-state index in [-0.39, 0.29) is 12.5 Å². The van der Waals surface area contributed by atoms with Gasteiger partial charge < -0.3 is 20.1 Å². The van der Waals surface area contributed by atoms with E-state index < -0.39 is 12.1 Å². The number of carbonyl (C=O) groups excluding carboxylic acids is 2. The molecule has 0 aromatic heterocycles. The molecule has 0 heterocycles. The molecule has 2 rings (SSSR count). The van der Waals surface area contributed by atoms with Gasteiger partial charge in [-0.3, -0.25) is 4.79 Å². The van der Waals surface area contributed by atoms with E-state index in [0.717, 1.165) is 11.1 Å². The van der Waals surface area contributed by atoms with Gasteiger partial charge in [0.05, 0.1) is 0 Å². The van der Waals surface area contributed by atoms with E-state index in [4.69, 9.17) is 9.47 Å². The lowest BCUT2D eigenvalue weighted by molar-refractivity contribution is -0.123. The number of carbonyl (C=O) groups is 2. The first-order valence-electron chi connectivity index (χ1n) is 8.97. The Balaban J connectivity index is 1.91. The Hall–Kier alpha value is -2.86. The quantitative estimate of drug-likeness (QED) is 0.631. The summed E-state index contributed by atoms with van der Waals surface area (Å²) in [4.78, 5) is 24.7. The molecule has 0 spiro atoms. The standard InChI is InChI=1S/C21H26N2O4/c1-26-14-8-13-22-20(24)19(15-17-9-4-2-5-10-17)23-21(25)27-16-18-11-6-3-7-12-18/h2-7,9-12,19H,8,13-16H2,1H3,(H,22,24)(H,23,25)/t19-/m0/s1. The molecule has 0 saturated heterocycles. The summed E-state index contributed by atoms with van der Waals surface area (Å²) in [5.41, 5.74) is 1.84. The zero-order chi connectivity index (χ0) is 19.3. The van der Waals surface area contributed by atoms with Gasteiger partial charge in [0.1, 0.15) is 12.6 Å². The summed E-state index contributed by atoms with van der Waals surface area (Å²) >= 11 is 0. The molecule has 0 bridgehead atoms. The largest absolute Gasteiger partial charge is 0.445 e. The van der Waals surface area contributed by atoms with E-state index in [2.05, 4.69) is 10.6 Å². The second kappa shape index (κ2) is 11.7. The summed E-state index contributed by atoms with van der Waals surface area (Å²) in [5.74, 6) is -0.244. The van der Waals surface area contributed by atoms with Crippen molar-refractivity contribution in [2.24, 2.45) is 0 Å². The maximum atomic E-state index is 12.5. The highest BCUT2D eigenvalue weighted by atomic mass is 16.5. The normalized spacial score (nSPS) is 11.4. The van der Waals surface area contributed by atoms with Crippen LogP contribution in [0.3, 0.4) is 0 Å². The van der Waals surface area contributed by atoms with Crippen molar-refractivity contribution in [3.05, 3.63) is 71.8 Å². The van der Waals surface area contributed by atoms with Gasteiger partial charge in [-0.1, -0.05) is 60.7 Å². The van der Waals surface area contributed by atoms with Crippen molar-refractivity contribution in [1.82, 2.24) is 10.6 Å². The Morgan fingerprint density at radius 1 is 0.963 bits per heavy atom. The number of rotatable bonds is 10. The second-order valence-corrected chi connectivity index (χ2v) is 6.09. The fourth-order valence-electron chi connectivity index (χ4n) is 2.52. The maximum absolute atomic E-state index is 12.5. The molecule has 1 atom stereocenters. The van der Waals surface area contributed by atoms with Crippen molar-refractivity contribution >= 4 is 12.0 Å². The van der Waals surface area contributed by atoms with Gasteiger partial charge in [0.25, 0.3) is 0 Å². The summed E-state index contributed by atoms with van der Waals surface area (Å²) < 4.78 is 10.2. The minimum atomic E-state index is -0.710. The minimum Gasteiger partial charge on any atom is -0.445 e. The number of methoxy groups -OCH3 is 1. The lowest BCUT2D eigenvalue weighted by atomic mass is 10.1. The summed E-state index contributed by atoms with van der Waals surface area (Å²) in [6.07, 6.45) is 0.475. The van der Waals surface area contributed by atoms with E-state index >= 15 is 0 Å². The predicted octanol–water partition coefficient (Wildman–Crippen LogP) is 2.68. The zero-order valence-corrected chi connectivity index (χ0v) is 15.5. The Labute approximate surface area is 159 Å². The van der Waals surface area contributed by atoms with E-state index in [9.17, 15) is 9.59 Å². The van der Waals surface area contributed by atoms with Crippen molar-refractivity contribution in [2.45, 2.75) is 25.5 Å². The van der Waals surface area contributed by atoms with Crippen molar-refractivity contribution in [2.75, 3.05) is 20.3 Å². The topological polar surface area (TPSA) is 76.7 Å². The van der Waals surface area contributed by atoms with Gasteiger partial charge in [-0.05, 0) is 17.5 Å². The number of hydrogen-bond donors (Lipinski definition) is 2. The van der Waals surface area contributed by atoms with Gasteiger partial charge in [-0.2, -0.15) is 0 Å². The number of benzene rings is 2. The van der Waals surface area contributed by atoms with Crippen LogP contribution in [0.5, 0.6) is 0 Å². The molecule has 0 unspecified atom stereocenters. The van der Waals surface area contributed by atoms with E-state index in [1.807, 2.05) is 60.7 Å². The smallest absolute Gasteiger partial charge is 0.408 e. The fourth-order valence-corrected chi connectivity index (χ4v) is 2.52. The molecule has 6 heteroatoms.